The maximum atomic E-state index is 11.6. The summed E-state index contributed by atoms with van der Waals surface area (Å²) < 4.78 is 0. The molecule has 0 saturated heterocycles. The molecule has 1 nitrogen and oxygen atoms in total. The number of benzene rings is 1. The summed E-state index contributed by atoms with van der Waals surface area (Å²) in [6.07, 6.45) is 3.73. The summed E-state index contributed by atoms with van der Waals surface area (Å²) in [5.74, 6) is 0.220. The highest BCUT2D eigenvalue weighted by molar-refractivity contribution is 6.06. The predicted molar refractivity (Wildman–Crippen MR) is 52.2 cm³/mol. The molecule has 0 bridgehead atoms. The zero-order valence-electron chi connectivity index (χ0n) is 7.53. The molecule has 1 heteroatoms. The Morgan fingerprint density at radius 1 is 1.23 bits per heavy atom. The molecule has 65 valence electrons. The van der Waals surface area contributed by atoms with Gasteiger partial charge in [-0.1, -0.05) is 43.3 Å². The van der Waals surface area contributed by atoms with Crippen molar-refractivity contribution in [3.63, 3.8) is 0 Å². The third-order valence-electron chi connectivity index (χ3n) is 2.31. The number of carbonyl (C=O) groups is 1. The van der Waals surface area contributed by atoms with Gasteiger partial charge in [0.15, 0.2) is 5.78 Å². The van der Waals surface area contributed by atoms with Gasteiger partial charge >= 0.3 is 0 Å². The van der Waals surface area contributed by atoms with E-state index < -0.39 is 0 Å². The van der Waals surface area contributed by atoms with Crippen LogP contribution in [0.25, 0.3) is 0 Å². The zero-order valence-corrected chi connectivity index (χ0v) is 7.53. The van der Waals surface area contributed by atoms with Crippen molar-refractivity contribution >= 4 is 5.78 Å². The van der Waals surface area contributed by atoms with Gasteiger partial charge in [-0.15, -0.1) is 0 Å². The minimum atomic E-state index is -0.00815. The summed E-state index contributed by atoms with van der Waals surface area (Å²) in [6, 6.07) is 9.87. The summed E-state index contributed by atoms with van der Waals surface area (Å²) in [7, 11) is 0. The maximum absolute atomic E-state index is 11.6. The van der Waals surface area contributed by atoms with Crippen molar-refractivity contribution in [2.75, 3.05) is 0 Å². The molecule has 0 spiro atoms. The normalized spacial score (nSPS) is 16.2. The van der Waals surface area contributed by atoms with Gasteiger partial charge in [-0.05, 0) is 5.56 Å². The summed E-state index contributed by atoms with van der Waals surface area (Å²) in [6.45, 7) is 1.95. The molecular formula is C12H11O. The first-order valence-corrected chi connectivity index (χ1v) is 4.43. The van der Waals surface area contributed by atoms with E-state index in [-0.39, 0.29) is 11.7 Å². The Bertz CT molecular complexity index is 349. The Hall–Kier alpha value is -1.37. The fourth-order valence-corrected chi connectivity index (χ4v) is 1.35. The van der Waals surface area contributed by atoms with E-state index in [1.165, 1.54) is 0 Å². The highest BCUT2D eigenvalue weighted by Gasteiger charge is 2.23. The topological polar surface area (TPSA) is 17.1 Å². The lowest BCUT2D eigenvalue weighted by atomic mass is 9.95. The first-order chi connectivity index (χ1) is 6.29. The van der Waals surface area contributed by atoms with Gasteiger partial charge in [0, 0.05) is 17.9 Å². The van der Waals surface area contributed by atoms with E-state index in [2.05, 4.69) is 0 Å². The quantitative estimate of drug-likeness (QED) is 0.683. The Morgan fingerprint density at radius 3 is 2.38 bits per heavy atom. The van der Waals surface area contributed by atoms with Crippen molar-refractivity contribution in [3.8, 4) is 0 Å². The Kier molecular flexibility index (Phi) is 2.01. The molecule has 0 heterocycles. The predicted octanol–water partition coefficient (Wildman–Crippen LogP) is 2.50. The molecular weight excluding hydrogens is 160 g/mol. The van der Waals surface area contributed by atoms with Gasteiger partial charge in [0.1, 0.15) is 0 Å². The fraction of sp³-hybridized carbons (Fsp3) is 0.167. The van der Waals surface area contributed by atoms with Crippen LogP contribution in [0.4, 0.5) is 0 Å². The maximum Gasteiger partial charge on any atom is 0.166 e. The molecule has 1 aromatic rings. The summed E-state index contributed by atoms with van der Waals surface area (Å²) in [5.41, 5.74) is 1.96. The second-order valence-corrected chi connectivity index (χ2v) is 3.29. The molecule has 0 saturated carbocycles. The highest BCUT2D eigenvalue weighted by atomic mass is 16.1. The first kappa shape index (κ1) is 8.24. The van der Waals surface area contributed by atoms with E-state index in [0.29, 0.717) is 0 Å². The first-order valence-electron chi connectivity index (χ1n) is 4.43. The van der Waals surface area contributed by atoms with Gasteiger partial charge in [-0.2, -0.15) is 0 Å². The van der Waals surface area contributed by atoms with Gasteiger partial charge in [-0.3, -0.25) is 4.79 Å². The Labute approximate surface area is 78.1 Å². The molecule has 0 N–H and O–H groups in total. The monoisotopic (exact) mass is 171 g/mol. The van der Waals surface area contributed by atoms with Gasteiger partial charge in [0.2, 0.25) is 0 Å². The molecule has 1 aliphatic carbocycles. The Morgan fingerprint density at radius 2 is 1.85 bits per heavy atom. The van der Waals surface area contributed by atoms with E-state index >= 15 is 0 Å². The SMILES string of the molecule is CC(C(=O)C1=C[CH]1)c1ccccc1. The number of ketones is 1. The summed E-state index contributed by atoms with van der Waals surface area (Å²) in [4.78, 5) is 11.6. The molecule has 1 unspecified atom stereocenters. The van der Waals surface area contributed by atoms with Crippen molar-refractivity contribution in [3.05, 3.63) is 54.0 Å². The van der Waals surface area contributed by atoms with Gasteiger partial charge in [0.05, 0.1) is 0 Å². The molecule has 0 fully saturated rings. The van der Waals surface area contributed by atoms with E-state index in [1.807, 2.05) is 49.8 Å². The molecule has 1 aromatic carbocycles. The minimum absolute atomic E-state index is 0.00815. The van der Waals surface area contributed by atoms with E-state index in [9.17, 15) is 4.79 Å². The molecule has 1 atom stereocenters. The van der Waals surface area contributed by atoms with Crippen molar-refractivity contribution in [1.29, 1.82) is 0 Å². The minimum Gasteiger partial charge on any atom is -0.294 e. The lowest BCUT2D eigenvalue weighted by Crippen LogP contribution is -2.07. The highest BCUT2D eigenvalue weighted by Crippen LogP contribution is 2.27. The number of hydrogen-bond acceptors (Lipinski definition) is 1. The standard InChI is InChI=1S/C12H11O/c1-9(12(13)11-7-8-11)10-5-3-2-4-6-10/h2-9H,1H3. The molecule has 13 heavy (non-hydrogen) atoms. The van der Waals surface area contributed by atoms with E-state index in [0.717, 1.165) is 11.1 Å². The van der Waals surface area contributed by atoms with Gasteiger partial charge in [-0.25, -0.2) is 0 Å². The number of hydrogen-bond donors (Lipinski definition) is 0. The number of carbonyl (C=O) groups excluding carboxylic acids is 1. The van der Waals surface area contributed by atoms with Crippen LogP contribution in [0, 0.1) is 6.42 Å². The molecule has 2 rings (SSSR count). The zero-order chi connectivity index (χ0) is 9.26. The molecule has 1 radical (unpaired) electrons. The van der Waals surface area contributed by atoms with Gasteiger partial charge in [0.25, 0.3) is 0 Å². The van der Waals surface area contributed by atoms with Crippen molar-refractivity contribution in [1.82, 2.24) is 0 Å². The summed E-state index contributed by atoms with van der Waals surface area (Å²) >= 11 is 0. The average molecular weight is 171 g/mol. The van der Waals surface area contributed by atoms with Crippen LogP contribution >= 0.6 is 0 Å². The molecule has 0 aliphatic heterocycles. The lowest BCUT2D eigenvalue weighted by molar-refractivity contribution is -0.116. The van der Waals surface area contributed by atoms with Crippen LogP contribution in [0.5, 0.6) is 0 Å². The van der Waals surface area contributed by atoms with Crippen LogP contribution in [0.3, 0.4) is 0 Å². The second kappa shape index (κ2) is 3.17. The fourth-order valence-electron chi connectivity index (χ4n) is 1.35. The largest absolute Gasteiger partial charge is 0.294 e. The van der Waals surface area contributed by atoms with Crippen LogP contribution in [-0.2, 0) is 4.79 Å². The summed E-state index contributed by atoms with van der Waals surface area (Å²) in [5, 5.41) is 0. The molecule has 0 aromatic heterocycles. The van der Waals surface area contributed by atoms with Crippen LogP contribution in [0.15, 0.2) is 42.0 Å². The van der Waals surface area contributed by atoms with Crippen LogP contribution in [-0.4, -0.2) is 5.78 Å². The van der Waals surface area contributed by atoms with E-state index in [1.54, 1.807) is 0 Å². The molecule has 1 aliphatic rings. The van der Waals surface area contributed by atoms with Crippen LogP contribution in [0.2, 0.25) is 0 Å². The van der Waals surface area contributed by atoms with E-state index in [4.69, 9.17) is 0 Å². The van der Waals surface area contributed by atoms with Crippen molar-refractivity contribution in [2.45, 2.75) is 12.8 Å². The van der Waals surface area contributed by atoms with Crippen molar-refractivity contribution in [2.24, 2.45) is 0 Å². The number of rotatable bonds is 3. The van der Waals surface area contributed by atoms with Crippen LogP contribution < -0.4 is 0 Å². The second-order valence-electron chi connectivity index (χ2n) is 3.29. The smallest absolute Gasteiger partial charge is 0.166 e. The average Bonchev–Trinajstić information content (AvgIpc) is 3.00. The lowest BCUT2D eigenvalue weighted by Gasteiger charge is -2.07. The third-order valence-corrected chi connectivity index (χ3v) is 2.31. The Balaban J connectivity index is 2.17. The number of Topliss-reactive ketones (excluding diaryl/α,β-unsaturated/α-hetero) is 1. The third kappa shape index (κ3) is 1.69. The van der Waals surface area contributed by atoms with Crippen molar-refractivity contribution < 1.29 is 4.79 Å². The molecule has 0 amide bonds. The number of allylic oxidation sites excluding steroid dienone is 2. The van der Waals surface area contributed by atoms with Crippen LogP contribution in [0.1, 0.15) is 18.4 Å². The van der Waals surface area contributed by atoms with Gasteiger partial charge < -0.3 is 0 Å².